The van der Waals surface area contributed by atoms with Gasteiger partial charge in [0.2, 0.25) is 0 Å². The molecule has 1 amide bonds. The van der Waals surface area contributed by atoms with E-state index in [1.165, 1.54) is 34.8 Å². The van der Waals surface area contributed by atoms with Crippen molar-refractivity contribution in [3.05, 3.63) is 77.1 Å². The van der Waals surface area contributed by atoms with Crippen LogP contribution in [0.2, 0.25) is 0 Å². The number of carboxylic acid groups (broad SMARTS) is 1. The van der Waals surface area contributed by atoms with Crippen molar-refractivity contribution in [2.45, 2.75) is 26.2 Å². The molecule has 1 aliphatic heterocycles. The maximum atomic E-state index is 14.5. The lowest BCUT2D eigenvalue weighted by Crippen LogP contribution is -2.29. The van der Waals surface area contributed by atoms with E-state index in [-0.39, 0.29) is 33.3 Å². The highest BCUT2D eigenvalue weighted by Crippen LogP contribution is 2.39. The molecule has 182 valence electrons. The summed E-state index contributed by atoms with van der Waals surface area (Å²) in [7, 11) is 0. The molecule has 36 heavy (non-hydrogen) atoms. The zero-order valence-corrected chi connectivity index (χ0v) is 19.1. The first kappa shape index (κ1) is 23.2. The number of phenolic OH excluding ortho intramolecular Hbond substituents is 1. The van der Waals surface area contributed by atoms with Gasteiger partial charge in [-0.1, -0.05) is 18.2 Å². The van der Waals surface area contributed by atoms with E-state index in [4.69, 9.17) is 0 Å². The van der Waals surface area contributed by atoms with Gasteiger partial charge in [-0.15, -0.1) is 10.3 Å². The molecular formula is C26H21FN4O5. The molecule has 2 aliphatic rings. The molecule has 0 fully saturated rings. The average molecular weight is 488 g/mol. The van der Waals surface area contributed by atoms with Crippen LogP contribution in [0.5, 0.6) is 5.75 Å². The molecule has 9 nitrogen and oxygen atoms in total. The molecule has 10 heteroatoms. The van der Waals surface area contributed by atoms with Gasteiger partial charge in [0.1, 0.15) is 11.5 Å². The van der Waals surface area contributed by atoms with Crippen LogP contribution >= 0.6 is 0 Å². The minimum absolute atomic E-state index is 0.0599. The third kappa shape index (κ3) is 4.07. The summed E-state index contributed by atoms with van der Waals surface area (Å²) in [4.78, 5) is 24.4. The molecule has 3 N–H and O–H groups in total. The van der Waals surface area contributed by atoms with E-state index in [1.54, 1.807) is 13.0 Å². The molecule has 0 atom stereocenters. The van der Waals surface area contributed by atoms with Crippen LogP contribution in [0.25, 0.3) is 11.1 Å². The lowest BCUT2D eigenvalue weighted by Gasteiger charge is -2.17. The van der Waals surface area contributed by atoms with Crippen LogP contribution in [0.1, 0.15) is 34.8 Å². The molecule has 5 rings (SSSR count). The molecule has 0 radical (unpaired) electrons. The highest BCUT2D eigenvalue weighted by atomic mass is 19.1. The molecule has 0 saturated carbocycles. The number of aryl methyl sites for hydroxylation is 2. The molecule has 0 unspecified atom stereocenters. The van der Waals surface area contributed by atoms with Crippen molar-refractivity contribution in [1.29, 1.82) is 0 Å². The van der Waals surface area contributed by atoms with E-state index >= 15 is 0 Å². The molecule has 0 saturated heterocycles. The zero-order valence-electron chi connectivity index (χ0n) is 19.1. The summed E-state index contributed by atoms with van der Waals surface area (Å²) < 4.78 is 14.5. The number of aromatic carboxylic acids is 1. The normalized spacial score (nSPS) is 15.9. The van der Waals surface area contributed by atoms with E-state index < -0.39 is 29.1 Å². The predicted octanol–water partition coefficient (Wildman–Crippen LogP) is 4.36. The summed E-state index contributed by atoms with van der Waals surface area (Å²) in [5.41, 5.74) is 2.68. The van der Waals surface area contributed by atoms with Crippen LogP contribution in [-0.2, 0) is 17.6 Å². The minimum atomic E-state index is -1.19. The Labute approximate surface area is 205 Å². The van der Waals surface area contributed by atoms with Crippen molar-refractivity contribution in [3.8, 4) is 16.9 Å². The third-order valence-corrected chi connectivity index (χ3v) is 6.20. The Balaban J connectivity index is 1.47. The fourth-order valence-corrected chi connectivity index (χ4v) is 4.40. The van der Waals surface area contributed by atoms with Crippen LogP contribution in [0.15, 0.2) is 64.8 Å². The Kier molecular flexibility index (Phi) is 5.73. The van der Waals surface area contributed by atoms with E-state index in [0.29, 0.717) is 5.69 Å². The number of carbonyl (C=O) groups excluding carboxylic acids is 1. The lowest BCUT2D eigenvalue weighted by molar-refractivity contribution is -0.112. The van der Waals surface area contributed by atoms with Crippen LogP contribution in [-0.4, -0.2) is 38.7 Å². The molecule has 0 bridgehead atoms. The number of hydrogen-bond donors (Lipinski definition) is 3. The second-order valence-corrected chi connectivity index (χ2v) is 8.55. The Morgan fingerprint density at radius 1 is 1.11 bits per heavy atom. The third-order valence-electron chi connectivity index (χ3n) is 6.20. The number of anilines is 2. The smallest absolute Gasteiger partial charge is 0.335 e. The maximum Gasteiger partial charge on any atom is 0.335 e. The summed E-state index contributed by atoms with van der Waals surface area (Å²) >= 11 is 0. The molecule has 1 heterocycles. The second kappa shape index (κ2) is 8.90. The van der Waals surface area contributed by atoms with E-state index in [9.17, 15) is 29.4 Å². The lowest BCUT2D eigenvalue weighted by atomic mass is 10.0. The number of halogens is 1. The SMILES string of the molecule is CC1=NN(c2ccc3c(c2)CCC3)C(=O)C1=NN(O)c1cc(F)cc(-c2cccc(C(=O)O)c2)c1O. The number of carbonyl (C=O) groups is 2. The standard InChI is InChI=1S/C26H21FN4O5/c1-14-23(25(33)30(28-14)20-9-8-15-4-2-5-16(15)11-20)29-31(36)22-13-19(27)12-21(24(22)32)17-6-3-7-18(10-17)26(34)35/h3,6-13,32,36H,2,4-5H2,1H3,(H,34,35). The van der Waals surface area contributed by atoms with Crippen molar-refractivity contribution in [2.75, 3.05) is 10.2 Å². The van der Waals surface area contributed by atoms with Crippen molar-refractivity contribution >= 4 is 34.7 Å². The fraction of sp³-hybridized carbons (Fsp3) is 0.154. The van der Waals surface area contributed by atoms with E-state index in [1.807, 2.05) is 12.1 Å². The van der Waals surface area contributed by atoms with Gasteiger partial charge >= 0.3 is 11.9 Å². The fourth-order valence-electron chi connectivity index (χ4n) is 4.40. The van der Waals surface area contributed by atoms with Crippen molar-refractivity contribution < 1.29 is 29.4 Å². The van der Waals surface area contributed by atoms with Crippen molar-refractivity contribution in [3.63, 3.8) is 0 Å². The summed E-state index contributed by atoms with van der Waals surface area (Å²) in [5.74, 6) is -3.15. The van der Waals surface area contributed by atoms with Gasteiger partial charge in [-0.05, 0) is 73.2 Å². The number of phenols is 1. The second-order valence-electron chi connectivity index (χ2n) is 8.55. The van der Waals surface area contributed by atoms with Crippen LogP contribution in [0, 0.1) is 5.82 Å². The summed E-state index contributed by atoms with van der Waals surface area (Å²) in [6.07, 6.45) is 2.98. The van der Waals surface area contributed by atoms with Gasteiger partial charge in [0.05, 0.1) is 17.0 Å². The number of nitrogens with zero attached hydrogens (tertiary/aromatic N) is 4. The molecular weight excluding hydrogens is 467 g/mol. The highest BCUT2D eigenvalue weighted by Gasteiger charge is 2.32. The molecule has 0 spiro atoms. The monoisotopic (exact) mass is 488 g/mol. The van der Waals surface area contributed by atoms with Gasteiger partial charge in [-0.2, -0.15) is 10.1 Å². The topological polar surface area (TPSA) is 126 Å². The van der Waals surface area contributed by atoms with E-state index in [2.05, 4.69) is 10.2 Å². The Bertz CT molecular complexity index is 1480. The van der Waals surface area contributed by atoms with Crippen molar-refractivity contribution in [1.82, 2.24) is 0 Å². The first-order valence-corrected chi connectivity index (χ1v) is 11.2. The zero-order chi connectivity index (χ0) is 25.6. The number of aromatic hydroxyl groups is 1. The summed E-state index contributed by atoms with van der Waals surface area (Å²) in [6.45, 7) is 1.55. The first-order chi connectivity index (χ1) is 17.2. The Morgan fingerprint density at radius 2 is 1.89 bits per heavy atom. The maximum absolute atomic E-state index is 14.5. The number of benzene rings is 3. The predicted molar refractivity (Wildman–Crippen MR) is 131 cm³/mol. The molecule has 1 aliphatic carbocycles. The van der Waals surface area contributed by atoms with E-state index in [0.717, 1.165) is 37.0 Å². The van der Waals surface area contributed by atoms with Gasteiger partial charge in [-0.25, -0.2) is 9.18 Å². The quantitative estimate of drug-likeness (QED) is 0.458. The number of amides is 1. The van der Waals surface area contributed by atoms with Gasteiger partial charge < -0.3 is 10.2 Å². The number of fused-ring (bicyclic) bond motifs is 1. The van der Waals surface area contributed by atoms with Crippen LogP contribution in [0.4, 0.5) is 15.8 Å². The Morgan fingerprint density at radius 3 is 2.67 bits per heavy atom. The van der Waals surface area contributed by atoms with Gasteiger partial charge in [-0.3, -0.25) is 10.0 Å². The number of rotatable bonds is 5. The largest absolute Gasteiger partial charge is 0.505 e. The van der Waals surface area contributed by atoms with Crippen LogP contribution in [0.3, 0.4) is 0 Å². The molecule has 3 aromatic rings. The van der Waals surface area contributed by atoms with Crippen molar-refractivity contribution in [2.24, 2.45) is 10.2 Å². The minimum Gasteiger partial charge on any atom is -0.505 e. The van der Waals surface area contributed by atoms with Crippen LogP contribution < -0.4 is 10.2 Å². The molecule has 3 aromatic carbocycles. The summed E-state index contributed by atoms with van der Waals surface area (Å²) in [5, 5.41) is 40.2. The molecule has 0 aromatic heterocycles. The number of carboxylic acids is 1. The first-order valence-electron chi connectivity index (χ1n) is 11.2. The average Bonchev–Trinajstić information content (AvgIpc) is 3.44. The number of hydrazone groups is 2. The highest BCUT2D eigenvalue weighted by molar-refractivity contribution is 6.71. The van der Waals surface area contributed by atoms with Gasteiger partial charge in [0, 0.05) is 11.6 Å². The van der Waals surface area contributed by atoms with Gasteiger partial charge in [0.15, 0.2) is 11.5 Å². The summed E-state index contributed by atoms with van der Waals surface area (Å²) in [6, 6.07) is 13.1. The Hall–Kier alpha value is -4.57. The van der Waals surface area contributed by atoms with Gasteiger partial charge in [0.25, 0.3) is 0 Å². The number of hydrogen-bond acceptors (Lipinski definition) is 7.